The maximum atomic E-state index is 13.9. The molecule has 0 unspecified atom stereocenters. The van der Waals surface area contributed by atoms with Crippen LogP contribution in [0.25, 0.3) is 10.9 Å². The van der Waals surface area contributed by atoms with Gasteiger partial charge in [-0.05, 0) is 49.1 Å². The van der Waals surface area contributed by atoms with Crippen LogP contribution in [0.3, 0.4) is 0 Å². The molecule has 0 radical (unpaired) electrons. The number of carbonyl (C=O) groups is 1. The zero-order valence-corrected chi connectivity index (χ0v) is 22.1. The highest BCUT2D eigenvalue weighted by molar-refractivity contribution is 5.85. The molecule has 0 saturated heterocycles. The number of benzene rings is 4. The maximum Gasteiger partial charge on any atom is 0.324 e. The van der Waals surface area contributed by atoms with Crippen LogP contribution in [-0.4, -0.2) is 22.6 Å². The van der Waals surface area contributed by atoms with Gasteiger partial charge in [-0.25, -0.2) is 0 Å². The van der Waals surface area contributed by atoms with Gasteiger partial charge in [-0.1, -0.05) is 109 Å². The van der Waals surface area contributed by atoms with Crippen LogP contribution in [-0.2, 0) is 21.5 Å². The van der Waals surface area contributed by atoms with Crippen LogP contribution in [0.15, 0.2) is 121 Å². The van der Waals surface area contributed by atoms with E-state index in [-0.39, 0.29) is 5.97 Å². The van der Waals surface area contributed by atoms with Gasteiger partial charge in [0.25, 0.3) is 0 Å². The molecule has 4 heteroatoms. The number of hydrogen-bond donors (Lipinski definition) is 2. The highest BCUT2D eigenvalue weighted by atomic mass is 16.6. The second kappa shape index (κ2) is 10.7. The summed E-state index contributed by atoms with van der Waals surface area (Å²) in [5, 5.41) is 4.96. The van der Waals surface area contributed by atoms with Gasteiger partial charge in [0.15, 0.2) is 0 Å². The van der Waals surface area contributed by atoms with Crippen molar-refractivity contribution in [1.82, 2.24) is 10.3 Å². The lowest BCUT2D eigenvalue weighted by Gasteiger charge is -2.40. The van der Waals surface area contributed by atoms with E-state index in [9.17, 15) is 4.79 Å². The third-order valence-electron chi connectivity index (χ3n) is 6.80. The van der Waals surface area contributed by atoms with E-state index in [4.69, 9.17) is 4.74 Å². The Kier molecular flexibility index (Phi) is 7.17. The number of aromatic amines is 1. The minimum Gasteiger partial charge on any atom is -0.459 e. The third-order valence-corrected chi connectivity index (χ3v) is 6.80. The first-order valence-electron chi connectivity index (χ1n) is 13.1. The van der Waals surface area contributed by atoms with Crippen LogP contribution in [0.4, 0.5) is 0 Å². The van der Waals surface area contributed by atoms with Gasteiger partial charge >= 0.3 is 5.97 Å². The molecule has 5 rings (SSSR count). The van der Waals surface area contributed by atoms with Gasteiger partial charge in [-0.3, -0.25) is 10.1 Å². The van der Waals surface area contributed by atoms with E-state index in [1.807, 2.05) is 93.7 Å². The number of fused-ring (bicyclic) bond motifs is 1. The summed E-state index contributed by atoms with van der Waals surface area (Å²) in [5.41, 5.74) is 3.83. The normalized spacial score (nSPS) is 12.8. The third kappa shape index (κ3) is 5.27. The quantitative estimate of drug-likeness (QED) is 0.177. The van der Waals surface area contributed by atoms with E-state index in [1.165, 1.54) is 0 Å². The number of hydrogen-bond acceptors (Lipinski definition) is 3. The van der Waals surface area contributed by atoms with Crippen molar-refractivity contribution in [2.45, 2.75) is 44.4 Å². The van der Waals surface area contributed by atoms with E-state index in [0.29, 0.717) is 6.42 Å². The van der Waals surface area contributed by atoms with Crippen LogP contribution >= 0.6 is 0 Å². The van der Waals surface area contributed by atoms with Gasteiger partial charge < -0.3 is 9.72 Å². The number of carbonyl (C=O) groups excluding carboxylic acids is 1. The summed E-state index contributed by atoms with van der Waals surface area (Å²) in [6.45, 7) is 5.73. The summed E-state index contributed by atoms with van der Waals surface area (Å²) in [4.78, 5) is 17.3. The molecular formula is C34H34N2O2. The molecular weight excluding hydrogens is 468 g/mol. The van der Waals surface area contributed by atoms with Gasteiger partial charge in [0.05, 0.1) is 5.54 Å². The molecule has 4 aromatic carbocycles. The number of rotatable bonds is 8. The number of ether oxygens (including phenoxy) is 1. The minimum absolute atomic E-state index is 0.282. The van der Waals surface area contributed by atoms with Gasteiger partial charge in [0.1, 0.15) is 11.6 Å². The summed E-state index contributed by atoms with van der Waals surface area (Å²) < 4.78 is 6.00. The van der Waals surface area contributed by atoms with Crippen LogP contribution in [0.5, 0.6) is 0 Å². The Morgan fingerprint density at radius 2 is 1.21 bits per heavy atom. The lowest BCUT2D eigenvalue weighted by atomic mass is 9.76. The Morgan fingerprint density at radius 1 is 0.737 bits per heavy atom. The first kappa shape index (κ1) is 25.5. The highest BCUT2D eigenvalue weighted by Gasteiger charge is 2.41. The number of nitrogens with one attached hydrogen (secondary N) is 2. The number of esters is 1. The molecule has 1 atom stereocenters. The van der Waals surface area contributed by atoms with Crippen molar-refractivity contribution in [3.8, 4) is 0 Å². The Hall–Kier alpha value is -4.15. The zero-order valence-electron chi connectivity index (χ0n) is 22.1. The van der Waals surface area contributed by atoms with Gasteiger partial charge in [-0.15, -0.1) is 0 Å². The topological polar surface area (TPSA) is 54.1 Å². The van der Waals surface area contributed by atoms with Crippen molar-refractivity contribution in [2.75, 3.05) is 0 Å². The largest absolute Gasteiger partial charge is 0.459 e. The first-order valence-corrected chi connectivity index (χ1v) is 13.1. The Morgan fingerprint density at radius 3 is 1.71 bits per heavy atom. The maximum absolute atomic E-state index is 13.9. The number of aromatic nitrogens is 1. The second-order valence-corrected chi connectivity index (χ2v) is 10.6. The standard InChI is InChI=1S/C34H34N2O2/c1-33(2,3)38-32(37)31(23-25-24-35-30-22-14-13-21-29(25)30)36-34(26-15-7-4-8-16-26,27-17-9-5-10-18-27)28-19-11-6-12-20-28/h4-22,24,31,35-36H,23H2,1-3H3/t31-/m0/s1. The fourth-order valence-electron chi connectivity index (χ4n) is 5.16. The summed E-state index contributed by atoms with van der Waals surface area (Å²) in [6.07, 6.45) is 2.46. The lowest BCUT2D eigenvalue weighted by molar-refractivity contribution is -0.157. The lowest BCUT2D eigenvalue weighted by Crippen LogP contribution is -2.54. The van der Waals surface area contributed by atoms with Crippen molar-refractivity contribution >= 4 is 16.9 Å². The molecule has 0 saturated carbocycles. The van der Waals surface area contributed by atoms with E-state index < -0.39 is 17.2 Å². The molecule has 2 N–H and O–H groups in total. The van der Waals surface area contributed by atoms with E-state index in [0.717, 1.165) is 33.2 Å². The van der Waals surface area contributed by atoms with Gasteiger partial charge in [-0.2, -0.15) is 0 Å². The molecule has 5 aromatic rings. The average Bonchev–Trinajstić information content (AvgIpc) is 3.34. The summed E-state index contributed by atoms with van der Waals surface area (Å²) >= 11 is 0. The molecule has 192 valence electrons. The Balaban J connectivity index is 1.69. The Bertz CT molecular complexity index is 1390. The van der Waals surface area contributed by atoms with Gasteiger partial charge in [0.2, 0.25) is 0 Å². The molecule has 0 spiro atoms. The number of H-pyrrole nitrogens is 1. The van der Waals surface area contributed by atoms with E-state index in [1.54, 1.807) is 0 Å². The molecule has 38 heavy (non-hydrogen) atoms. The van der Waals surface area contributed by atoms with Gasteiger partial charge in [0, 0.05) is 23.5 Å². The van der Waals surface area contributed by atoms with Crippen LogP contribution in [0.1, 0.15) is 43.0 Å². The fourth-order valence-corrected chi connectivity index (χ4v) is 5.16. The average molecular weight is 503 g/mol. The first-order chi connectivity index (χ1) is 18.4. The predicted octanol–water partition coefficient (Wildman–Crippen LogP) is 7.00. The fraction of sp³-hybridized carbons (Fsp3) is 0.206. The molecule has 1 aromatic heterocycles. The number of para-hydroxylation sites is 1. The van der Waals surface area contributed by atoms with Crippen molar-refractivity contribution in [3.05, 3.63) is 144 Å². The molecule has 0 aliphatic rings. The minimum atomic E-state index is -0.794. The summed E-state index contributed by atoms with van der Waals surface area (Å²) in [7, 11) is 0. The van der Waals surface area contributed by atoms with Crippen LogP contribution < -0.4 is 5.32 Å². The van der Waals surface area contributed by atoms with E-state index >= 15 is 0 Å². The molecule has 4 nitrogen and oxygen atoms in total. The van der Waals surface area contributed by atoms with Crippen LogP contribution in [0, 0.1) is 0 Å². The predicted molar refractivity (Wildman–Crippen MR) is 154 cm³/mol. The summed E-state index contributed by atoms with van der Waals surface area (Å²) in [6, 6.07) is 38.5. The van der Waals surface area contributed by atoms with Crippen LogP contribution in [0.2, 0.25) is 0 Å². The molecule has 0 aliphatic heterocycles. The molecule has 0 bridgehead atoms. The smallest absolute Gasteiger partial charge is 0.324 e. The molecule has 0 fully saturated rings. The SMILES string of the molecule is CC(C)(C)OC(=O)[C@H](Cc1c[nH]c2ccccc12)NC(c1ccccc1)(c1ccccc1)c1ccccc1. The van der Waals surface area contributed by atoms with Crippen molar-refractivity contribution in [1.29, 1.82) is 0 Å². The molecule has 1 heterocycles. The molecule has 0 aliphatic carbocycles. The van der Waals surface area contributed by atoms with Crippen molar-refractivity contribution in [3.63, 3.8) is 0 Å². The van der Waals surface area contributed by atoms with Crippen molar-refractivity contribution < 1.29 is 9.53 Å². The van der Waals surface area contributed by atoms with E-state index in [2.05, 4.69) is 58.8 Å². The monoisotopic (exact) mass is 502 g/mol. The zero-order chi connectivity index (χ0) is 26.6. The summed E-state index contributed by atoms with van der Waals surface area (Å²) in [5.74, 6) is -0.282. The second-order valence-electron chi connectivity index (χ2n) is 10.6. The highest BCUT2D eigenvalue weighted by Crippen LogP contribution is 2.38. The van der Waals surface area contributed by atoms with Crippen molar-refractivity contribution in [2.24, 2.45) is 0 Å². The molecule has 0 amide bonds. The Labute approximate surface area is 224 Å².